The number of aromatic nitrogens is 1. The molecule has 0 aromatic carbocycles. The molecule has 0 amide bonds. The zero-order chi connectivity index (χ0) is 18.5. The van der Waals surface area contributed by atoms with E-state index in [1.54, 1.807) is 22.7 Å². The Bertz CT molecular complexity index is 913. The first kappa shape index (κ1) is 18.6. The molecule has 0 radical (unpaired) electrons. The van der Waals surface area contributed by atoms with Gasteiger partial charge in [-0.25, -0.2) is 4.98 Å². The fraction of sp³-hybridized carbons (Fsp3) is 0.261. The molecule has 4 aromatic rings. The normalized spacial score (nSPS) is 11.1. The maximum atomic E-state index is 4.95. The van der Waals surface area contributed by atoms with E-state index >= 15 is 0 Å². The van der Waals surface area contributed by atoms with Crippen LogP contribution in [0.1, 0.15) is 37.5 Å². The number of nitrogens with zero attached hydrogens (tertiary/aromatic N) is 1. The number of thiophene rings is 3. The molecule has 0 N–H and O–H groups in total. The maximum Gasteiger partial charge on any atom is 0.0816 e. The van der Waals surface area contributed by atoms with Crippen LogP contribution in [0.3, 0.4) is 0 Å². The van der Waals surface area contributed by atoms with Crippen molar-refractivity contribution in [2.45, 2.75) is 39.0 Å². The quantitative estimate of drug-likeness (QED) is 0.266. The first-order chi connectivity index (χ1) is 13.3. The average molecular weight is 410 g/mol. The molecule has 138 valence electrons. The molecule has 0 spiro atoms. The third-order valence-electron chi connectivity index (χ3n) is 4.60. The second-order valence-corrected chi connectivity index (χ2v) is 9.72. The Morgan fingerprint density at radius 3 is 2.07 bits per heavy atom. The van der Waals surface area contributed by atoms with E-state index in [0.717, 1.165) is 11.4 Å². The minimum Gasteiger partial charge on any atom is -0.246 e. The molecule has 27 heavy (non-hydrogen) atoms. The van der Waals surface area contributed by atoms with Crippen LogP contribution in [0, 0.1) is 0 Å². The highest BCUT2D eigenvalue weighted by Crippen LogP contribution is 2.36. The molecule has 0 saturated heterocycles. The van der Waals surface area contributed by atoms with Gasteiger partial charge in [0.05, 0.1) is 21.1 Å². The first-order valence-electron chi connectivity index (χ1n) is 9.52. The van der Waals surface area contributed by atoms with Crippen LogP contribution in [-0.2, 0) is 6.42 Å². The van der Waals surface area contributed by atoms with Gasteiger partial charge in [0.1, 0.15) is 0 Å². The lowest BCUT2D eigenvalue weighted by Gasteiger charge is -2.06. The van der Waals surface area contributed by atoms with Crippen LogP contribution in [0.15, 0.2) is 59.3 Å². The zero-order valence-electron chi connectivity index (χ0n) is 15.5. The van der Waals surface area contributed by atoms with Crippen molar-refractivity contribution in [1.82, 2.24) is 4.98 Å². The minimum absolute atomic E-state index is 1.07. The van der Waals surface area contributed by atoms with Crippen molar-refractivity contribution in [1.29, 1.82) is 0 Å². The summed E-state index contributed by atoms with van der Waals surface area (Å²) in [5.41, 5.74) is 3.43. The molecule has 0 saturated carbocycles. The standard InChI is InChI=1S/C23H23NS3/c1-2-3-4-5-8-18-11-12-21(27-18)17-15-19(22-9-6-13-25-22)24-20(16-17)23-10-7-14-26-23/h6-7,9-16H,2-5,8H2,1H3. The van der Waals surface area contributed by atoms with Gasteiger partial charge >= 0.3 is 0 Å². The van der Waals surface area contributed by atoms with Crippen LogP contribution in [-0.4, -0.2) is 4.98 Å². The first-order valence-corrected chi connectivity index (χ1v) is 12.1. The molecule has 4 aromatic heterocycles. The summed E-state index contributed by atoms with van der Waals surface area (Å²) in [5, 5.41) is 4.24. The van der Waals surface area contributed by atoms with Crippen molar-refractivity contribution < 1.29 is 0 Å². The molecule has 0 aliphatic rings. The largest absolute Gasteiger partial charge is 0.246 e. The Morgan fingerprint density at radius 2 is 1.48 bits per heavy atom. The molecule has 0 aliphatic heterocycles. The summed E-state index contributed by atoms with van der Waals surface area (Å²) in [6.45, 7) is 2.27. The third kappa shape index (κ3) is 4.57. The molecule has 1 nitrogen and oxygen atoms in total. The molecule has 0 bridgehead atoms. The second-order valence-electron chi connectivity index (χ2n) is 6.66. The number of aryl methyl sites for hydroxylation is 1. The van der Waals surface area contributed by atoms with Gasteiger partial charge in [-0.3, -0.25) is 0 Å². The van der Waals surface area contributed by atoms with Crippen LogP contribution in [0.5, 0.6) is 0 Å². The van der Waals surface area contributed by atoms with E-state index in [2.05, 4.69) is 66.2 Å². The Morgan fingerprint density at radius 1 is 0.778 bits per heavy atom. The summed E-state index contributed by atoms with van der Waals surface area (Å²) < 4.78 is 0. The van der Waals surface area contributed by atoms with Crippen molar-refractivity contribution in [3.8, 4) is 31.6 Å². The molecule has 4 rings (SSSR count). The molecular weight excluding hydrogens is 386 g/mol. The number of hydrogen-bond donors (Lipinski definition) is 0. The van der Waals surface area contributed by atoms with E-state index in [4.69, 9.17) is 4.98 Å². The van der Waals surface area contributed by atoms with Gasteiger partial charge in [0.2, 0.25) is 0 Å². The van der Waals surface area contributed by atoms with Crippen molar-refractivity contribution >= 4 is 34.0 Å². The van der Waals surface area contributed by atoms with Crippen molar-refractivity contribution in [3.05, 3.63) is 64.2 Å². The third-order valence-corrected chi connectivity index (χ3v) is 7.57. The number of rotatable bonds is 8. The smallest absolute Gasteiger partial charge is 0.0816 e. The predicted octanol–water partition coefficient (Wildman–Crippen LogP) is 8.39. The fourth-order valence-corrected chi connectivity index (χ4v) is 5.58. The van der Waals surface area contributed by atoms with Gasteiger partial charge in [0, 0.05) is 9.75 Å². The van der Waals surface area contributed by atoms with Crippen molar-refractivity contribution in [2.75, 3.05) is 0 Å². The van der Waals surface area contributed by atoms with Gasteiger partial charge in [-0.05, 0) is 65.6 Å². The highest BCUT2D eigenvalue weighted by Gasteiger charge is 2.11. The monoisotopic (exact) mass is 409 g/mol. The summed E-state index contributed by atoms with van der Waals surface area (Å²) in [6, 6.07) is 17.6. The minimum atomic E-state index is 1.07. The van der Waals surface area contributed by atoms with Gasteiger partial charge in [0.15, 0.2) is 0 Å². The number of pyridine rings is 1. The molecule has 0 aliphatic carbocycles. The van der Waals surface area contributed by atoms with E-state index in [9.17, 15) is 0 Å². The van der Waals surface area contributed by atoms with Crippen LogP contribution in [0.2, 0.25) is 0 Å². The van der Waals surface area contributed by atoms with E-state index in [1.807, 2.05) is 11.3 Å². The van der Waals surface area contributed by atoms with Gasteiger partial charge in [-0.2, -0.15) is 0 Å². The summed E-state index contributed by atoms with van der Waals surface area (Å²) >= 11 is 5.44. The van der Waals surface area contributed by atoms with E-state index in [1.165, 1.54) is 57.2 Å². The number of hydrogen-bond acceptors (Lipinski definition) is 4. The molecule has 0 fully saturated rings. The van der Waals surface area contributed by atoms with E-state index < -0.39 is 0 Å². The van der Waals surface area contributed by atoms with Gasteiger partial charge < -0.3 is 0 Å². The topological polar surface area (TPSA) is 12.9 Å². The van der Waals surface area contributed by atoms with E-state index in [-0.39, 0.29) is 0 Å². The van der Waals surface area contributed by atoms with E-state index in [0.29, 0.717) is 0 Å². The average Bonchev–Trinajstić information content (AvgIpc) is 3.47. The zero-order valence-corrected chi connectivity index (χ0v) is 17.9. The van der Waals surface area contributed by atoms with Crippen LogP contribution in [0.25, 0.3) is 31.6 Å². The van der Waals surface area contributed by atoms with Crippen molar-refractivity contribution in [3.63, 3.8) is 0 Å². The van der Waals surface area contributed by atoms with Gasteiger partial charge in [-0.1, -0.05) is 38.3 Å². The van der Waals surface area contributed by atoms with Gasteiger partial charge in [-0.15, -0.1) is 34.0 Å². The molecule has 4 heteroatoms. The predicted molar refractivity (Wildman–Crippen MR) is 122 cm³/mol. The van der Waals surface area contributed by atoms with Crippen LogP contribution in [0.4, 0.5) is 0 Å². The Hall–Kier alpha value is -1.75. The Labute approximate surface area is 173 Å². The lowest BCUT2D eigenvalue weighted by atomic mass is 10.1. The van der Waals surface area contributed by atoms with Crippen LogP contribution >= 0.6 is 34.0 Å². The lowest BCUT2D eigenvalue weighted by molar-refractivity contribution is 0.670. The highest BCUT2D eigenvalue weighted by molar-refractivity contribution is 7.15. The second kappa shape index (κ2) is 8.96. The molecular formula is C23H23NS3. The molecule has 0 atom stereocenters. The van der Waals surface area contributed by atoms with Crippen molar-refractivity contribution in [2.24, 2.45) is 0 Å². The summed E-state index contributed by atoms with van der Waals surface area (Å²) in [7, 11) is 0. The fourth-order valence-electron chi connectivity index (χ4n) is 3.17. The Kier molecular flexibility index (Phi) is 6.17. The summed E-state index contributed by atoms with van der Waals surface area (Å²) in [4.78, 5) is 10.2. The molecule has 0 unspecified atom stereocenters. The SMILES string of the molecule is CCCCCCc1ccc(-c2cc(-c3cccs3)nc(-c3cccs3)c2)s1. The Balaban J connectivity index is 1.65. The van der Waals surface area contributed by atoms with Gasteiger partial charge in [0.25, 0.3) is 0 Å². The maximum absolute atomic E-state index is 4.95. The lowest BCUT2D eigenvalue weighted by Crippen LogP contribution is -1.87. The highest BCUT2D eigenvalue weighted by atomic mass is 32.1. The summed E-state index contributed by atoms with van der Waals surface area (Å²) in [6.07, 6.45) is 6.47. The number of unbranched alkanes of at least 4 members (excludes halogenated alkanes) is 3. The van der Waals surface area contributed by atoms with Crippen LogP contribution < -0.4 is 0 Å². The molecule has 4 heterocycles. The summed E-state index contributed by atoms with van der Waals surface area (Å²) in [5.74, 6) is 0.